The van der Waals surface area contributed by atoms with Gasteiger partial charge in [-0.15, -0.1) is 5.11 Å². The Morgan fingerprint density at radius 1 is 0.879 bits per heavy atom. The molecule has 0 saturated carbocycles. The predicted octanol–water partition coefficient (Wildman–Crippen LogP) is 6.04. The fraction of sp³-hybridized carbons (Fsp3) is 0. The van der Waals surface area contributed by atoms with Gasteiger partial charge in [0, 0.05) is 22.1 Å². The first-order valence-electron chi connectivity index (χ1n) is 10.3. The summed E-state index contributed by atoms with van der Waals surface area (Å²) in [5.41, 5.74) is 5.55. The molecule has 0 spiro atoms. The Labute approximate surface area is 193 Å². The molecule has 5 aromatic rings. The largest absolute Gasteiger partial charge is 0.493 e. The minimum Gasteiger partial charge on any atom is -0.493 e. The molecule has 0 amide bonds. The summed E-state index contributed by atoms with van der Waals surface area (Å²) >= 11 is 6.50. The zero-order valence-corrected chi connectivity index (χ0v) is 18.0. The quantitative estimate of drug-likeness (QED) is 0.322. The summed E-state index contributed by atoms with van der Waals surface area (Å²) in [7, 11) is 0. The molecule has 7 heteroatoms. The van der Waals surface area contributed by atoms with E-state index in [0.29, 0.717) is 21.8 Å². The first-order valence-corrected chi connectivity index (χ1v) is 10.7. The van der Waals surface area contributed by atoms with Crippen molar-refractivity contribution in [3.8, 4) is 28.3 Å². The number of azo groups is 1. The van der Waals surface area contributed by atoms with Crippen LogP contribution in [0.15, 0.2) is 94.1 Å². The topological polar surface area (TPSA) is 86.0 Å². The monoisotopic (exact) mass is 449 g/mol. The molecule has 0 saturated heterocycles. The van der Waals surface area contributed by atoms with E-state index in [1.54, 1.807) is 6.20 Å². The lowest BCUT2D eigenvalue weighted by Gasteiger charge is -2.05. The van der Waals surface area contributed by atoms with Gasteiger partial charge in [0.15, 0.2) is 5.69 Å². The van der Waals surface area contributed by atoms with Gasteiger partial charge in [-0.05, 0) is 24.3 Å². The minimum atomic E-state index is -0.0280. The van der Waals surface area contributed by atoms with Crippen LogP contribution in [0.25, 0.3) is 39.5 Å². The predicted molar refractivity (Wildman–Crippen MR) is 130 cm³/mol. The van der Waals surface area contributed by atoms with Crippen LogP contribution in [0.2, 0.25) is 5.02 Å². The van der Waals surface area contributed by atoms with Gasteiger partial charge >= 0.3 is 0 Å². The van der Waals surface area contributed by atoms with Crippen LogP contribution in [-0.2, 0) is 0 Å². The lowest BCUT2D eigenvalue weighted by atomic mass is 10.0. The number of aromatic amines is 1. The second-order valence-corrected chi connectivity index (χ2v) is 8.02. The van der Waals surface area contributed by atoms with Gasteiger partial charge in [-0.1, -0.05) is 66.2 Å². The molecule has 2 aromatic heterocycles. The highest BCUT2D eigenvalue weighted by molar-refractivity contribution is 6.33. The fourth-order valence-electron chi connectivity index (χ4n) is 4.06. The maximum Gasteiger partial charge on any atom is 0.218 e. The highest BCUT2D eigenvalue weighted by Gasteiger charge is 2.19. The van der Waals surface area contributed by atoms with Gasteiger partial charge in [-0.25, -0.2) is 9.98 Å². The van der Waals surface area contributed by atoms with E-state index in [1.165, 1.54) is 0 Å². The number of hydrogen-bond acceptors (Lipinski definition) is 5. The van der Waals surface area contributed by atoms with Crippen LogP contribution in [-0.4, -0.2) is 15.1 Å². The average molecular weight is 450 g/mol. The number of aromatic hydroxyl groups is 1. The Hall–Kier alpha value is -4.29. The molecular weight excluding hydrogens is 434 g/mol. The fourth-order valence-corrected chi connectivity index (χ4v) is 4.29. The summed E-state index contributed by atoms with van der Waals surface area (Å²) < 4.78 is 0. The van der Waals surface area contributed by atoms with Gasteiger partial charge in [0.05, 0.1) is 38.8 Å². The number of rotatable bonds is 3. The van der Waals surface area contributed by atoms with Crippen LogP contribution in [0.3, 0.4) is 0 Å². The van der Waals surface area contributed by atoms with Crippen molar-refractivity contribution in [2.45, 2.75) is 0 Å². The normalized spacial score (nSPS) is 12.8. The number of fused-ring (bicyclic) bond motifs is 4. The van der Waals surface area contributed by atoms with Gasteiger partial charge in [-0.2, -0.15) is 5.11 Å². The number of H-pyrrole nitrogens is 1. The van der Waals surface area contributed by atoms with E-state index in [1.807, 2.05) is 78.9 Å². The number of aromatic nitrogens is 2. The third-order valence-corrected chi connectivity index (χ3v) is 5.90. The molecule has 0 unspecified atom stereocenters. The molecule has 2 N–H and O–H groups in total. The number of benzene rings is 3. The highest BCUT2D eigenvalue weighted by Crippen LogP contribution is 2.36. The molecule has 6 nitrogen and oxygen atoms in total. The minimum absolute atomic E-state index is 0.0280. The van der Waals surface area contributed by atoms with Crippen molar-refractivity contribution in [1.29, 1.82) is 0 Å². The van der Waals surface area contributed by atoms with Crippen molar-refractivity contribution in [3.63, 3.8) is 0 Å². The maximum absolute atomic E-state index is 10.2. The zero-order valence-electron chi connectivity index (χ0n) is 17.2. The lowest BCUT2D eigenvalue weighted by Crippen LogP contribution is -2.18. The first kappa shape index (κ1) is 19.4. The number of nitrogens with one attached hydrogen (secondary N) is 1. The summed E-state index contributed by atoms with van der Waals surface area (Å²) in [6, 6.07) is 25.0. The van der Waals surface area contributed by atoms with E-state index in [4.69, 9.17) is 21.6 Å². The summed E-state index contributed by atoms with van der Waals surface area (Å²) in [6.07, 6.45) is 1.57. The Balaban J connectivity index is 1.53. The smallest absolute Gasteiger partial charge is 0.218 e. The van der Waals surface area contributed by atoms with Gasteiger partial charge in [0.2, 0.25) is 5.88 Å². The van der Waals surface area contributed by atoms with Crippen LogP contribution in [0, 0.1) is 0 Å². The average Bonchev–Trinajstić information content (AvgIpc) is 3.36. The molecule has 1 aliphatic heterocycles. The molecule has 3 heterocycles. The van der Waals surface area contributed by atoms with Crippen LogP contribution >= 0.6 is 11.6 Å². The van der Waals surface area contributed by atoms with Gasteiger partial charge < -0.3 is 10.1 Å². The molecular formula is C26H16ClN5O. The van der Waals surface area contributed by atoms with E-state index in [9.17, 15) is 5.11 Å². The second kappa shape index (κ2) is 7.69. The van der Waals surface area contributed by atoms with E-state index in [2.05, 4.69) is 15.2 Å². The Morgan fingerprint density at radius 2 is 1.64 bits per heavy atom. The van der Waals surface area contributed by atoms with Crippen molar-refractivity contribution < 1.29 is 5.11 Å². The number of nitrogens with zero attached hydrogens (tertiary/aromatic N) is 4. The summed E-state index contributed by atoms with van der Waals surface area (Å²) in [5.74, 6) is -0.0280. The molecule has 0 bridgehead atoms. The molecule has 1 aliphatic rings. The molecule has 33 heavy (non-hydrogen) atoms. The van der Waals surface area contributed by atoms with E-state index < -0.39 is 0 Å². The van der Waals surface area contributed by atoms with Gasteiger partial charge in [0.1, 0.15) is 0 Å². The van der Waals surface area contributed by atoms with Gasteiger partial charge in [-0.3, -0.25) is 0 Å². The number of halogens is 1. The Bertz CT molecular complexity index is 1700. The number of hydrogen-bond donors (Lipinski definition) is 2. The third-order valence-electron chi connectivity index (χ3n) is 5.58. The second-order valence-electron chi connectivity index (χ2n) is 7.61. The standard InChI is InChI=1S/C26H16ClN5O/c27-20-10-4-1-8-17(20)23-24-19(16-7-2-5-11-21(16)30-24)13-15(29-23)14-28-32-25-18-9-3-6-12-22(18)31-26(25)33/h1-14,31,33H. The molecule has 158 valence electrons. The first-order chi connectivity index (χ1) is 16.2. The van der Waals surface area contributed by atoms with Crippen molar-refractivity contribution in [2.24, 2.45) is 15.2 Å². The molecule has 0 atom stereocenters. The SMILES string of the molecule is Oc1[nH]c2ccccc2c1N=NC=c1cc2c(c(-c3ccccc3Cl)n1)=Nc1ccccc1-2. The Kier molecular flexibility index (Phi) is 4.52. The van der Waals surface area contributed by atoms with Crippen LogP contribution in [0.1, 0.15) is 0 Å². The zero-order chi connectivity index (χ0) is 22.4. The van der Waals surface area contributed by atoms with Crippen LogP contribution in [0.5, 0.6) is 5.88 Å². The maximum atomic E-state index is 10.2. The number of para-hydroxylation sites is 2. The molecule has 6 rings (SSSR count). The van der Waals surface area contributed by atoms with Crippen molar-refractivity contribution in [1.82, 2.24) is 9.97 Å². The van der Waals surface area contributed by atoms with Crippen molar-refractivity contribution >= 4 is 40.1 Å². The molecule has 0 fully saturated rings. The van der Waals surface area contributed by atoms with Crippen molar-refractivity contribution in [2.75, 3.05) is 0 Å². The number of pyridine rings is 1. The van der Waals surface area contributed by atoms with E-state index >= 15 is 0 Å². The van der Waals surface area contributed by atoms with Gasteiger partial charge in [0.25, 0.3) is 0 Å². The summed E-state index contributed by atoms with van der Waals surface area (Å²) in [4.78, 5) is 12.5. The van der Waals surface area contributed by atoms with Crippen molar-refractivity contribution in [3.05, 3.63) is 94.6 Å². The summed E-state index contributed by atoms with van der Waals surface area (Å²) in [6.45, 7) is 0. The van der Waals surface area contributed by atoms with Crippen LogP contribution in [0.4, 0.5) is 11.4 Å². The third kappa shape index (κ3) is 3.28. The van der Waals surface area contributed by atoms with E-state index in [-0.39, 0.29) is 5.88 Å². The molecule has 0 radical (unpaired) electrons. The highest BCUT2D eigenvalue weighted by atomic mass is 35.5. The summed E-state index contributed by atoms with van der Waals surface area (Å²) in [5, 5.41) is 21.5. The lowest BCUT2D eigenvalue weighted by molar-refractivity contribution is 0.459. The molecule has 3 aromatic carbocycles. The Morgan fingerprint density at radius 3 is 2.52 bits per heavy atom. The van der Waals surface area contributed by atoms with E-state index in [0.717, 1.165) is 38.6 Å². The van der Waals surface area contributed by atoms with Crippen LogP contribution < -0.4 is 10.7 Å². The molecule has 0 aliphatic carbocycles.